The molecule has 1 aromatic rings. The van der Waals surface area contributed by atoms with E-state index in [-0.39, 0.29) is 0 Å². The SMILES string of the molecule is CCC[CH2][Sn]([CH2]/C=C\Cc1ccccc1)([CH2]CCC)[CH2]CCC. The van der Waals surface area contributed by atoms with Crippen LogP contribution in [-0.2, 0) is 6.42 Å². The number of hydrogen-bond acceptors (Lipinski definition) is 0. The van der Waals surface area contributed by atoms with E-state index in [0.717, 1.165) is 6.42 Å². The van der Waals surface area contributed by atoms with Gasteiger partial charge in [0.25, 0.3) is 0 Å². The van der Waals surface area contributed by atoms with E-state index in [9.17, 15) is 0 Å². The first-order valence-corrected chi connectivity index (χ1v) is 18.0. The van der Waals surface area contributed by atoms with E-state index in [0.29, 0.717) is 0 Å². The van der Waals surface area contributed by atoms with Gasteiger partial charge in [0, 0.05) is 0 Å². The molecule has 23 heavy (non-hydrogen) atoms. The summed E-state index contributed by atoms with van der Waals surface area (Å²) < 4.78 is 6.37. The second-order valence-corrected chi connectivity index (χ2v) is 21.2. The van der Waals surface area contributed by atoms with Crippen molar-refractivity contribution in [2.45, 2.75) is 83.5 Å². The van der Waals surface area contributed by atoms with Crippen molar-refractivity contribution in [3.05, 3.63) is 48.0 Å². The molecule has 0 aliphatic rings. The third-order valence-electron chi connectivity index (χ3n) is 5.10. The molecule has 0 aliphatic heterocycles. The summed E-state index contributed by atoms with van der Waals surface area (Å²) in [5, 5.41) is 0. The van der Waals surface area contributed by atoms with E-state index >= 15 is 0 Å². The molecule has 0 radical (unpaired) electrons. The van der Waals surface area contributed by atoms with Crippen molar-refractivity contribution in [3.63, 3.8) is 0 Å². The van der Waals surface area contributed by atoms with Gasteiger partial charge in [0.05, 0.1) is 0 Å². The first-order valence-electron chi connectivity index (χ1n) is 9.95. The summed E-state index contributed by atoms with van der Waals surface area (Å²) in [6.45, 7) is 7.09. The topological polar surface area (TPSA) is 0 Å². The van der Waals surface area contributed by atoms with Gasteiger partial charge < -0.3 is 0 Å². The van der Waals surface area contributed by atoms with E-state index in [1.165, 1.54) is 48.5 Å². The Labute approximate surface area is 149 Å². The monoisotopic (exact) mass is 422 g/mol. The van der Waals surface area contributed by atoms with E-state index in [1.54, 1.807) is 13.3 Å². The molecule has 130 valence electrons. The summed E-state index contributed by atoms with van der Waals surface area (Å²) in [6.07, 6.45) is 14.7. The quantitative estimate of drug-likeness (QED) is 0.227. The van der Waals surface area contributed by atoms with Crippen molar-refractivity contribution in [2.24, 2.45) is 0 Å². The maximum atomic E-state index is 2.57. The first-order chi connectivity index (χ1) is 11.3. The number of unbranched alkanes of at least 4 members (excludes halogenated alkanes) is 3. The van der Waals surface area contributed by atoms with E-state index in [2.05, 4.69) is 63.3 Å². The Morgan fingerprint density at radius 1 is 0.739 bits per heavy atom. The third-order valence-corrected chi connectivity index (χ3v) is 20.3. The molecule has 0 aliphatic carbocycles. The normalized spacial score (nSPS) is 12.1. The molecule has 0 bridgehead atoms. The summed E-state index contributed by atoms with van der Waals surface area (Å²) in [6, 6.07) is 10.9. The van der Waals surface area contributed by atoms with Crippen LogP contribution in [0, 0.1) is 0 Å². The predicted octanol–water partition coefficient (Wildman–Crippen LogP) is 7.63. The van der Waals surface area contributed by atoms with Crippen LogP contribution >= 0.6 is 0 Å². The van der Waals surface area contributed by atoms with Crippen LogP contribution in [0.4, 0.5) is 0 Å². The number of benzene rings is 1. The van der Waals surface area contributed by atoms with Crippen LogP contribution in [0.15, 0.2) is 42.5 Å². The Kier molecular flexibility index (Phi) is 11.8. The fourth-order valence-corrected chi connectivity index (χ4v) is 18.7. The van der Waals surface area contributed by atoms with E-state index in [4.69, 9.17) is 0 Å². The predicted molar refractivity (Wildman–Crippen MR) is 109 cm³/mol. The zero-order valence-electron chi connectivity index (χ0n) is 15.8. The third kappa shape index (κ3) is 8.98. The molecule has 0 unspecified atom stereocenters. The van der Waals surface area contributed by atoms with Crippen LogP contribution in [0.1, 0.15) is 64.9 Å². The standard InChI is InChI=1S/C10H11.3C4H9.Sn/c1-2-3-7-10-8-5-4-6-9-10;3*1-3-4-2;/h2-6,8-9H,1,7H2;3*1,3-4H2,2H3;/b3-2-;;;;. The van der Waals surface area contributed by atoms with Crippen molar-refractivity contribution < 1.29 is 0 Å². The van der Waals surface area contributed by atoms with Gasteiger partial charge >= 0.3 is 150 Å². The molecule has 0 nitrogen and oxygen atoms in total. The molecule has 0 N–H and O–H groups in total. The molecule has 0 aromatic heterocycles. The van der Waals surface area contributed by atoms with Crippen molar-refractivity contribution in [3.8, 4) is 0 Å². The Hall–Kier alpha value is -0.241. The Morgan fingerprint density at radius 2 is 1.26 bits per heavy atom. The fourth-order valence-electron chi connectivity index (χ4n) is 3.50. The molecular weight excluding hydrogens is 383 g/mol. The van der Waals surface area contributed by atoms with E-state index in [1.807, 2.05) is 0 Å². The average Bonchev–Trinajstić information content (AvgIpc) is 2.60. The fraction of sp³-hybridized carbons (Fsp3) is 0.636. The minimum absolute atomic E-state index is 1.11. The zero-order valence-corrected chi connectivity index (χ0v) is 18.7. The molecule has 0 atom stereocenters. The Morgan fingerprint density at radius 3 is 1.74 bits per heavy atom. The van der Waals surface area contributed by atoms with Crippen molar-refractivity contribution in [2.75, 3.05) is 0 Å². The van der Waals surface area contributed by atoms with Crippen LogP contribution < -0.4 is 0 Å². The van der Waals surface area contributed by atoms with Crippen molar-refractivity contribution >= 4 is 18.4 Å². The van der Waals surface area contributed by atoms with Crippen LogP contribution in [0.3, 0.4) is 0 Å². The average molecular weight is 421 g/mol. The van der Waals surface area contributed by atoms with Crippen LogP contribution in [0.25, 0.3) is 0 Å². The van der Waals surface area contributed by atoms with Gasteiger partial charge in [0.1, 0.15) is 0 Å². The molecule has 1 heteroatoms. The molecule has 0 saturated heterocycles. The van der Waals surface area contributed by atoms with Crippen LogP contribution in [0.2, 0.25) is 17.7 Å². The minimum atomic E-state index is -1.93. The number of rotatable bonds is 13. The summed E-state index contributed by atoms with van der Waals surface area (Å²) in [4.78, 5) is 0. The summed E-state index contributed by atoms with van der Waals surface area (Å²) in [5.74, 6) is 0. The van der Waals surface area contributed by atoms with Crippen molar-refractivity contribution in [1.82, 2.24) is 0 Å². The molecule has 0 saturated carbocycles. The van der Waals surface area contributed by atoms with Crippen LogP contribution in [-0.4, -0.2) is 18.4 Å². The summed E-state index contributed by atoms with van der Waals surface area (Å²) >= 11 is -1.93. The molecule has 1 aromatic carbocycles. The second-order valence-electron chi connectivity index (χ2n) is 7.18. The second kappa shape index (κ2) is 13.1. The zero-order chi connectivity index (χ0) is 16.8. The molecular formula is C22H38Sn. The van der Waals surface area contributed by atoms with Gasteiger partial charge in [-0.2, -0.15) is 0 Å². The Bertz CT molecular complexity index is 385. The number of allylic oxidation sites excluding steroid dienone is 2. The molecule has 0 spiro atoms. The molecule has 0 fully saturated rings. The van der Waals surface area contributed by atoms with Gasteiger partial charge in [0.2, 0.25) is 0 Å². The van der Waals surface area contributed by atoms with Crippen molar-refractivity contribution in [1.29, 1.82) is 0 Å². The number of hydrogen-bond donors (Lipinski definition) is 0. The van der Waals surface area contributed by atoms with Gasteiger partial charge in [-0.05, 0) is 0 Å². The molecule has 1 rings (SSSR count). The van der Waals surface area contributed by atoms with E-state index < -0.39 is 18.4 Å². The summed E-state index contributed by atoms with van der Waals surface area (Å²) in [5.41, 5.74) is 1.44. The van der Waals surface area contributed by atoms with Gasteiger partial charge in [-0.25, -0.2) is 0 Å². The van der Waals surface area contributed by atoms with Gasteiger partial charge in [-0.3, -0.25) is 0 Å². The molecule has 0 heterocycles. The van der Waals surface area contributed by atoms with Gasteiger partial charge in [0.15, 0.2) is 0 Å². The van der Waals surface area contributed by atoms with Gasteiger partial charge in [-0.15, -0.1) is 0 Å². The molecule has 0 amide bonds. The van der Waals surface area contributed by atoms with Gasteiger partial charge in [-0.1, -0.05) is 0 Å². The maximum absolute atomic E-state index is 2.57. The first kappa shape index (κ1) is 20.8. The Balaban J connectivity index is 2.63. The van der Waals surface area contributed by atoms with Crippen LogP contribution in [0.5, 0.6) is 0 Å². The summed E-state index contributed by atoms with van der Waals surface area (Å²) in [7, 11) is 0.